The fraction of sp³-hybridized carbons (Fsp3) is 0.600. The second-order valence-corrected chi connectivity index (χ2v) is 7.41. The zero-order chi connectivity index (χ0) is 14.6. The zero-order valence-electron chi connectivity index (χ0n) is 12.3. The van der Waals surface area contributed by atoms with E-state index in [1.165, 1.54) is 48.6 Å². The van der Waals surface area contributed by atoms with Crippen molar-refractivity contribution in [3.05, 3.63) is 34.9 Å². The van der Waals surface area contributed by atoms with Gasteiger partial charge in [0.1, 0.15) is 0 Å². The molecule has 1 unspecified atom stereocenters. The molecule has 4 nitrogen and oxygen atoms in total. The molecule has 0 fully saturated rings. The van der Waals surface area contributed by atoms with Crippen molar-refractivity contribution >= 4 is 10.0 Å². The van der Waals surface area contributed by atoms with Crippen molar-refractivity contribution in [3.63, 3.8) is 0 Å². The first-order valence-corrected chi connectivity index (χ1v) is 9.14. The molecule has 2 N–H and O–H groups in total. The Morgan fingerprint density at radius 3 is 2.55 bits per heavy atom. The zero-order valence-corrected chi connectivity index (χ0v) is 13.1. The van der Waals surface area contributed by atoms with Gasteiger partial charge in [-0.15, -0.1) is 0 Å². The van der Waals surface area contributed by atoms with Crippen molar-refractivity contribution in [2.45, 2.75) is 38.6 Å². The molecule has 0 spiro atoms. The number of sulfonamides is 1. The Balaban J connectivity index is 1.87. The normalized spacial score (nSPS) is 16.7. The summed E-state index contributed by atoms with van der Waals surface area (Å²) in [5.74, 6) is 0. The third kappa shape index (κ3) is 4.58. The van der Waals surface area contributed by atoms with Crippen molar-refractivity contribution in [2.24, 2.45) is 0 Å². The van der Waals surface area contributed by atoms with E-state index in [1.807, 2.05) is 0 Å². The fourth-order valence-corrected chi connectivity index (χ4v) is 3.14. The third-order valence-electron chi connectivity index (χ3n) is 3.81. The van der Waals surface area contributed by atoms with Crippen LogP contribution in [0, 0.1) is 0 Å². The van der Waals surface area contributed by atoms with Crippen molar-refractivity contribution in [1.82, 2.24) is 10.0 Å². The monoisotopic (exact) mass is 296 g/mol. The highest BCUT2D eigenvalue weighted by molar-refractivity contribution is 7.88. The van der Waals surface area contributed by atoms with Crippen molar-refractivity contribution in [2.75, 3.05) is 19.3 Å². The number of nitrogens with one attached hydrogen (secondary N) is 2. The summed E-state index contributed by atoms with van der Waals surface area (Å²) in [4.78, 5) is 0. The average molecular weight is 296 g/mol. The molecule has 0 saturated heterocycles. The van der Waals surface area contributed by atoms with Gasteiger partial charge in [0.05, 0.1) is 6.26 Å². The molecule has 0 amide bonds. The lowest BCUT2D eigenvalue weighted by Crippen LogP contribution is -2.32. The number of rotatable bonds is 6. The second-order valence-electron chi connectivity index (χ2n) is 5.58. The van der Waals surface area contributed by atoms with Crippen LogP contribution in [-0.4, -0.2) is 27.8 Å². The van der Waals surface area contributed by atoms with Crippen LogP contribution in [0.4, 0.5) is 0 Å². The molecular formula is C15H24N2O2S. The van der Waals surface area contributed by atoms with E-state index >= 15 is 0 Å². The van der Waals surface area contributed by atoms with Gasteiger partial charge in [-0.1, -0.05) is 18.2 Å². The van der Waals surface area contributed by atoms with Crippen LogP contribution in [0.15, 0.2) is 18.2 Å². The highest BCUT2D eigenvalue weighted by Gasteiger charge is 2.12. The molecule has 1 aliphatic rings. The topological polar surface area (TPSA) is 58.2 Å². The Bertz CT molecular complexity index is 555. The summed E-state index contributed by atoms with van der Waals surface area (Å²) in [7, 11) is -3.09. The van der Waals surface area contributed by atoms with Crippen molar-refractivity contribution in [3.8, 4) is 0 Å². The molecule has 0 saturated carbocycles. The minimum absolute atomic E-state index is 0.239. The van der Waals surface area contributed by atoms with Crippen LogP contribution in [0.25, 0.3) is 0 Å². The maximum atomic E-state index is 11.0. The largest absolute Gasteiger partial charge is 0.309 e. The Morgan fingerprint density at radius 2 is 1.85 bits per heavy atom. The molecular weight excluding hydrogens is 272 g/mol. The third-order valence-corrected chi connectivity index (χ3v) is 4.54. The van der Waals surface area contributed by atoms with E-state index in [2.05, 4.69) is 35.2 Å². The Hall–Kier alpha value is -0.910. The van der Waals surface area contributed by atoms with Gasteiger partial charge < -0.3 is 5.32 Å². The molecule has 0 heterocycles. The van der Waals surface area contributed by atoms with Gasteiger partial charge in [-0.3, -0.25) is 0 Å². The minimum atomic E-state index is -3.09. The van der Waals surface area contributed by atoms with Crippen LogP contribution in [0.3, 0.4) is 0 Å². The lowest BCUT2D eigenvalue weighted by molar-refractivity contribution is 0.555. The van der Waals surface area contributed by atoms with Gasteiger partial charge in [0.15, 0.2) is 0 Å². The highest BCUT2D eigenvalue weighted by Crippen LogP contribution is 2.24. The molecule has 112 valence electrons. The molecule has 0 aromatic heterocycles. The first kappa shape index (κ1) is 15.5. The lowest BCUT2D eigenvalue weighted by Gasteiger charge is -2.20. The van der Waals surface area contributed by atoms with Crippen LogP contribution in [0.5, 0.6) is 0 Å². The van der Waals surface area contributed by atoms with E-state index in [0.717, 1.165) is 0 Å². The smallest absolute Gasteiger partial charge is 0.208 e. The van der Waals surface area contributed by atoms with Gasteiger partial charge in [-0.2, -0.15) is 0 Å². The number of benzene rings is 1. The fourth-order valence-electron chi connectivity index (χ4n) is 2.67. The molecule has 1 aromatic carbocycles. The van der Waals surface area contributed by atoms with Crippen LogP contribution in [0.2, 0.25) is 0 Å². The minimum Gasteiger partial charge on any atom is -0.309 e. The van der Waals surface area contributed by atoms with E-state index in [0.29, 0.717) is 13.1 Å². The van der Waals surface area contributed by atoms with Crippen molar-refractivity contribution in [1.29, 1.82) is 0 Å². The van der Waals surface area contributed by atoms with E-state index in [1.54, 1.807) is 0 Å². The Labute approximate surface area is 122 Å². The Kier molecular flexibility index (Phi) is 5.18. The van der Waals surface area contributed by atoms with Crippen molar-refractivity contribution < 1.29 is 8.42 Å². The second kappa shape index (κ2) is 6.70. The summed E-state index contributed by atoms with van der Waals surface area (Å²) in [6.07, 6.45) is 6.16. The van der Waals surface area contributed by atoms with Gasteiger partial charge in [0.25, 0.3) is 0 Å². The molecule has 1 atom stereocenters. The highest BCUT2D eigenvalue weighted by atomic mass is 32.2. The number of fused-ring (bicyclic) bond motifs is 1. The van der Waals surface area contributed by atoms with Gasteiger partial charge in [0, 0.05) is 19.1 Å². The predicted molar refractivity (Wildman–Crippen MR) is 82.3 cm³/mol. The predicted octanol–water partition coefficient (Wildman–Crippen LogP) is 1.77. The van der Waals surface area contributed by atoms with Gasteiger partial charge in [-0.25, -0.2) is 13.1 Å². The summed E-state index contributed by atoms with van der Waals surface area (Å²) >= 11 is 0. The first-order valence-electron chi connectivity index (χ1n) is 7.25. The molecule has 0 bridgehead atoms. The molecule has 2 rings (SSSR count). The number of aryl methyl sites for hydroxylation is 2. The summed E-state index contributed by atoms with van der Waals surface area (Å²) in [6, 6.07) is 6.97. The van der Waals surface area contributed by atoms with Gasteiger partial charge in [0.2, 0.25) is 10.0 Å². The van der Waals surface area contributed by atoms with Crippen LogP contribution < -0.4 is 10.0 Å². The summed E-state index contributed by atoms with van der Waals surface area (Å²) in [6.45, 7) is 3.17. The average Bonchev–Trinajstić information content (AvgIpc) is 2.42. The van der Waals surface area contributed by atoms with E-state index < -0.39 is 10.0 Å². The summed E-state index contributed by atoms with van der Waals surface area (Å²) < 4.78 is 24.4. The van der Waals surface area contributed by atoms with Crippen LogP contribution in [-0.2, 0) is 22.9 Å². The SMILES string of the molecule is CC(NCCNS(C)(=O)=O)c1ccc2c(c1)CCCC2. The molecule has 0 radical (unpaired) electrons. The van der Waals surface area contributed by atoms with Gasteiger partial charge in [-0.05, 0) is 49.3 Å². The van der Waals surface area contributed by atoms with E-state index in [4.69, 9.17) is 0 Å². The van der Waals surface area contributed by atoms with E-state index in [9.17, 15) is 8.42 Å². The maximum absolute atomic E-state index is 11.0. The number of hydrogen-bond acceptors (Lipinski definition) is 3. The van der Waals surface area contributed by atoms with E-state index in [-0.39, 0.29) is 6.04 Å². The molecule has 1 aliphatic carbocycles. The molecule has 1 aromatic rings. The Morgan fingerprint density at radius 1 is 1.15 bits per heavy atom. The number of hydrogen-bond donors (Lipinski definition) is 2. The lowest BCUT2D eigenvalue weighted by atomic mass is 9.89. The summed E-state index contributed by atoms with van der Waals surface area (Å²) in [5.41, 5.74) is 4.26. The molecule has 0 aliphatic heterocycles. The summed E-state index contributed by atoms with van der Waals surface area (Å²) in [5, 5.41) is 3.35. The standard InChI is InChI=1S/C15H24N2O2S/c1-12(16-9-10-17-20(2,18)19)14-8-7-13-5-3-4-6-15(13)11-14/h7-8,11-12,16-17H,3-6,9-10H2,1-2H3. The quantitative estimate of drug-likeness (QED) is 0.787. The van der Waals surface area contributed by atoms with Gasteiger partial charge >= 0.3 is 0 Å². The molecule has 5 heteroatoms. The maximum Gasteiger partial charge on any atom is 0.208 e. The van der Waals surface area contributed by atoms with Crippen LogP contribution >= 0.6 is 0 Å². The van der Waals surface area contributed by atoms with Crippen LogP contribution in [0.1, 0.15) is 42.5 Å². The molecule has 20 heavy (non-hydrogen) atoms. The first-order chi connectivity index (χ1) is 9.46.